The van der Waals surface area contributed by atoms with Crippen LogP contribution >= 0.6 is 0 Å². The van der Waals surface area contributed by atoms with E-state index < -0.39 is 29.3 Å². The Bertz CT molecular complexity index is 1100. The van der Waals surface area contributed by atoms with Crippen LogP contribution < -0.4 is 9.47 Å². The molecular formula is C25H27F5O3. The number of hydrogen-bond acceptors (Lipinski definition) is 3. The van der Waals surface area contributed by atoms with Crippen molar-refractivity contribution in [3.63, 3.8) is 0 Å². The predicted octanol–water partition coefficient (Wildman–Crippen LogP) is 8.53. The molecule has 0 radical (unpaired) electrons. The first-order valence-corrected chi connectivity index (χ1v) is 11.5. The van der Waals surface area contributed by atoms with E-state index in [4.69, 9.17) is 9.15 Å². The molecule has 0 bridgehead atoms. The maximum atomic E-state index is 15.0. The highest BCUT2D eigenvalue weighted by Gasteiger charge is 2.33. The minimum Gasteiger partial charge on any atom is -0.490 e. The first-order valence-electron chi connectivity index (χ1n) is 11.5. The zero-order chi connectivity index (χ0) is 23.6. The summed E-state index contributed by atoms with van der Waals surface area (Å²) >= 11 is 0. The number of halogens is 5. The molecule has 1 heterocycles. The number of ether oxygens (including phenoxy) is 2. The molecule has 0 atom stereocenters. The maximum absolute atomic E-state index is 15.0. The molecule has 0 saturated heterocycles. The lowest BCUT2D eigenvalue weighted by Gasteiger charge is -2.28. The third-order valence-corrected chi connectivity index (χ3v) is 6.50. The molecule has 0 N–H and O–H groups in total. The van der Waals surface area contributed by atoms with E-state index in [2.05, 4.69) is 11.7 Å². The summed E-state index contributed by atoms with van der Waals surface area (Å²) in [5.41, 5.74) is -0.755. The first kappa shape index (κ1) is 23.6. The van der Waals surface area contributed by atoms with Crippen LogP contribution in [0.25, 0.3) is 21.9 Å². The Morgan fingerprint density at radius 3 is 2.03 bits per heavy atom. The van der Waals surface area contributed by atoms with Crippen LogP contribution in [0.5, 0.6) is 11.5 Å². The average molecular weight is 470 g/mol. The van der Waals surface area contributed by atoms with Gasteiger partial charge in [-0.05, 0) is 48.9 Å². The molecule has 0 amide bonds. The lowest BCUT2D eigenvalue weighted by molar-refractivity contribution is -0.275. The summed E-state index contributed by atoms with van der Waals surface area (Å²) in [6.45, 7) is 2.58. The van der Waals surface area contributed by atoms with Crippen LogP contribution in [0.4, 0.5) is 22.0 Å². The van der Waals surface area contributed by atoms with Crippen molar-refractivity contribution in [2.75, 3.05) is 6.61 Å². The fraction of sp³-hybridized carbons (Fsp3) is 0.520. The second-order valence-electron chi connectivity index (χ2n) is 8.85. The molecule has 2 aromatic carbocycles. The zero-order valence-corrected chi connectivity index (χ0v) is 18.4. The van der Waals surface area contributed by atoms with Crippen LogP contribution in [0, 0.1) is 23.5 Å². The van der Waals surface area contributed by atoms with Gasteiger partial charge in [0.05, 0.1) is 6.61 Å². The number of fused-ring (bicyclic) bond motifs is 3. The van der Waals surface area contributed by atoms with Gasteiger partial charge in [0.15, 0.2) is 22.7 Å². The second-order valence-corrected chi connectivity index (χ2v) is 8.85. The van der Waals surface area contributed by atoms with Gasteiger partial charge in [-0.25, -0.2) is 0 Å². The van der Waals surface area contributed by atoms with Crippen molar-refractivity contribution < 1.29 is 35.8 Å². The van der Waals surface area contributed by atoms with Crippen molar-refractivity contribution in [1.82, 2.24) is 0 Å². The SMILES string of the molecule is CCCCCC1CCC(COc2ccc3c(oc4c(F)c(OC(F)(F)F)ccc43)c2F)CC1. The van der Waals surface area contributed by atoms with Gasteiger partial charge in [0.25, 0.3) is 0 Å². The smallest absolute Gasteiger partial charge is 0.490 e. The van der Waals surface area contributed by atoms with E-state index in [-0.39, 0.29) is 22.1 Å². The number of alkyl halides is 3. The van der Waals surface area contributed by atoms with E-state index in [1.54, 1.807) is 0 Å². The van der Waals surface area contributed by atoms with E-state index in [9.17, 15) is 17.6 Å². The van der Waals surface area contributed by atoms with Crippen LogP contribution in [0.1, 0.15) is 58.3 Å². The second kappa shape index (κ2) is 9.77. The topological polar surface area (TPSA) is 31.6 Å². The Balaban J connectivity index is 1.46. The molecule has 1 fully saturated rings. The van der Waals surface area contributed by atoms with Crippen LogP contribution in [0.3, 0.4) is 0 Å². The van der Waals surface area contributed by atoms with E-state index in [1.165, 1.54) is 43.9 Å². The normalized spacial score (nSPS) is 19.3. The highest BCUT2D eigenvalue weighted by atomic mass is 19.4. The minimum absolute atomic E-state index is 0.0150. The molecule has 1 aliphatic carbocycles. The summed E-state index contributed by atoms with van der Waals surface area (Å²) in [6.07, 6.45) is 4.38. The number of unbranched alkanes of at least 4 members (excludes halogenated alkanes) is 2. The number of benzene rings is 2. The molecule has 1 aliphatic rings. The number of furan rings is 1. The third-order valence-electron chi connectivity index (χ3n) is 6.50. The van der Waals surface area contributed by atoms with Crippen LogP contribution in [-0.4, -0.2) is 13.0 Å². The molecule has 1 saturated carbocycles. The maximum Gasteiger partial charge on any atom is 0.573 e. The van der Waals surface area contributed by atoms with E-state index in [0.29, 0.717) is 12.5 Å². The predicted molar refractivity (Wildman–Crippen MR) is 115 cm³/mol. The minimum atomic E-state index is -5.05. The van der Waals surface area contributed by atoms with Gasteiger partial charge in [-0.3, -0.25) is 0 Å². The van der Waals surface area contributed by atoms with Crippen molar-refractivity contribution in [2.45, 2.75) is 64.7 Å². The van der Waals surface area contributed by atoms with Crippen LogP contribution in [0.2, 0.25) is 0 Å². The van der Waals surface area contributed by atoms with E-state index in [1.807, 2.05) is 0 Å². The highest BCUT2D eigenvalue weighted by Crippen LogP contribution is 2.39. The fourth-order valence-corrected chi connectivity index (χ4v) is 4.69. The van der Waals surface area contributed by atoms with Crippen molar-refractivity contribution in [3.8, 4) is 11.5 Å². The van der Waals surface area contributed by atoms with E-state index >= 15 is 4.39 Å². The molecule has 3 nitrogen and oxygen atoms in total. The van der Waals surface area contributed by atoms with Crippen molar-refractivity contribution in [3.05, 3.63) is 35.9 Å². The van der Waals surface area contributed by atoms with Crippen LogP contribution in [-0.2, 0) is 0 Å². The Morgan fingerprint density at radius 2 is 1.42 bits per heavy atom. The third kappa shape index (κ3) is 5.36. The summed E-state index contributed by atoms with van der Waals surface area (Å²) in [5.74, 6) is -2.07. The Labute approximate surface area is 188 Å². The van der Waals surface area contributed by atoms with Crippen molar-refractivity contribution >= 4 is 21.9 Å². The number of rotatable bonds is 8. The molecule has 0 aliphatic heterocycles. The molecule has 4 rings (SSSR count). The largest absolute Gasteiger partial charge is 0.573 e. The van der Waals surface area contributed by atoms with Gasteiger partial charge >= 0.3 is 6.36 Å². The van der Waals surface area contributed by atoms with E-state index in [0.717, 1.165) is 37.7 Å². The van der Waals surface area contributed by atoms with Gasteiger partial charge in [0.1, 0.15) is 0 Å². The van der Waals surface area contributed by atoms with Gasteiger partial charge in [-0.1, -0.05) is 45.4 Å². The monoisotopic (exact) mass is 470 g/mol. The van der Waals surface area contributed by atoms with Crippen molar-refractivity contribution in [2.24, 2.45) is 11.8 Å². The quantitative estimate of drug-likeness (QED) is 0.244. The summed E-state index contributed by atoms with van der Waals surface area (Å²) in [6, 6.07) is 5.03. The first-order chi connectivity index (χ1) is 15.8. The molecule has 1 aromatic heterocycles. The highest BCUT2D eigenvalue weighted by molar-refractivity contribution is 6.06. The van der Waals surface area contributed by atoms with Crippen LogP contribution in [0.15, 0.2) is 28.7 Å². The molecule has 0 unspecified atom stereocenters. The standard InChI is InChI=1S/C25H27F5O3/c1-2-3-4-5-15-6-8-16(9-7-15)14-31-19-12-10-17-18-11-13-20(33-25(28,29)30)22(27)24(18)32-23(17)21(19)26/h10-13,15-16H,2-9,14H2,1H3. The molecule has 180 valence electrons. The van der Waals surface area contributed by atoms with Gasteiger partial charge in [-0.2, -0.15) is 8.78 Å². The zero-order valence-electron chi connectivity index (χ0n) is 18.4. The van der Waals surface area contributed by atoms with Gasteiger partial charge < -0.3 is 13.9 Å². The molecule has 33 heavy (non-hydrogen) atoms. The summed E-state index contributed by atoms with van der Waals surface area (Å²) in [7, 11) is 0. The molecule has 3 aromatic rings. The van der Waals surface area contributed by atoms with Gasteiger partial charge in [0, 0.05) is 10.8 Å². The Hall–Kier alpha value is -2.51. The summed E-state index contributed by atoms with van der Waals surface area (Å²) in [5, 5.41) is 0.406. The average Bonchev–Trinajstić information content (AvgIpc) is 3.16. The summed E-state index contributed by atoms with van der Waals surface area (Å²) < 4.78 is 81.7. The van der Waals surface area contributed by atoms with Gasteiger partial charge in [-0.15, -0.1) is 13.2 Å². The van der Waals surface area contributed by atoms with Crippen molar-refractivity contribution in [1.29, 1.82) is 0 Å². The lowest BCUT2D eigenvalue weighted by atomic mass is 9.80. The molecule has 8 heteroatoms. The Kier molecular flexibility index (Phi) is 7.00. The lowest BCUT2D eigenvalue weighted by Crippen LogP contribution is -2.20. The molecule has 0 spiro atoms. The van der Waals surface area contributed by atoms with Gasteiger partial charge in [0.2, 0.25) is 11.6 Å². The molecular weight excluding hydrogens is 443 g/mol. The Morgan fingerprint density at radius 1 is 0.848 bits per heavy atom. The summed E-state index contributed by atoms with van der Waals surface area (Å²) in [4.78, 5) is 0. The fourth-order valence-electron chi connectivity index (χ4n) is 4.69. The number of hydrogen-bond donors (Lipinski definition) is 0.